The van der Waals surface area contributed by atoms with Gasteiger partial charge in [-0.25, -0.2) is 4.98 Å². The summed E-state index contributed by atoms with van der Waals surface area (Å²) in [6, 6.07) is 10.6. The molecule has 1 N–H and O–H groups in total. The Morgan fingerprint density at radius 2 is 2.00 bits per heavy atom. The van der Waals surface area contributed by atoms with Crippen LogP contribution in [0.4, 0.5) is 5.69 Å². The Labute approximate surface area is 131 Å². The maximum absolute atomic E-state index is 12.1. The number of amides is 1. The molecule has 0 saturated heterocycles. The predicted molar refractivity (Wildman–Crippen MR) is 83.7 cm³/mol. The Morgan fingerprint density at radius 1 is 1.24 bits per heavy atom. The average Bonchev–Trinajstić information content (AvgIpc) is 2.49. The standard InChI is InChI=1S/C15H15BrN2O3/c1-20-9-10-21-12-6-4-11(5-7-12)18-15(19)13-3-2-8-17-14(13)16/h2-8H,9-10H2,1H3,(H,18,19). The lowest BCUT2D eigenvalue weighted by Crippen LogP contribution is -2.13. The number of halogens is 1. The number of carbonyl (C=O) groups excluding carboxylic acids is 1. The third-order valence-corrected chi connectivity index (χ3v) is 3.30. The van der Waals surface area contributed by atoms with Crippen molar-refractivity contribution in [1.29, 1.82) is 0 Å². The molecule has 1 amide bonds. The molecule has 6 heteroatoms. The number of anilines is 1. The monoisotopic (exact) mass is 350 g/mol. The van der Waals surface area contributed by atoms with Crippen LogP contribution in [0.15, 0.2) is 47.2 Å². The van der Waals surface area contributed by atoms with E-state index in [1.54, 1.807) is 49.7 Å². The molecule has 1 aromatic carbocycles. The Hall–Kier alpha value is -1.92. The minimum absolute atomic E-state index is 0.219. The van der Waals surface area contributed by atoms with Crippen LogP contribution in [0.3, 0.4) is 0 Å². The van der Waals surface area contributed by atoms with Crippen molar-refractivity contribution in [3.05, 3.63) is 52.8 Å². The third kappa shape index (κ3) is 4.54. The first-order chi connectivity index (χ1) is 10.2. The summed E-state index contributed by atoms with van der Waals surface area (Å²) in [6.45, 7) is 1.03. The Morgan fingerprint density at radius 3 is 2.67 bits per heavy atom. The van der Waals surface area contributed by atoms with Gasteiger partial charge in [-0.2, -0.15) is 0 Å². The van der Waals surface area contributed by atoms with E-state index in [9.17, 15) is 4.79 Å². The summed E-state index contributed by atoms with van der Waals surface area (Å²) in [4.78, 5) is 16.1. The highest BCUT2D eigenvalue weighted by Crippen LogP contribution is 2.18. The number of carbonyl (C=O) groups is 1. The van der Waals surface area contributed by atoms with Gasteiger partial charge in [0, 0.05) is 19.0 Å². The van der Waals surface area contributed by atoms with E-state index < -0.39 is 0 Å². The van der Waals surface area contributed by atoms with Gasteiger partial charge in [-0.1, -0.05) is 0 Å². The Kier molecular flexibility index (Phi) is 5.71. The lowest BCUT2D eigenvalue weighted by Gasteiger charge is -2.08. The number of ether oxygens (including phenoxy) is 2. The van der Waals surface area contributed by atoms with Crippen LogP contribution in [0.2, 0.25) is 0 Å². The summed E-state index contributed by atoms with van der Waals surface area (Å²) in [7, 11) is 1.62. The first kappa shape index (κ1) is 15.5. The van der Waals surface area contributed by atoms with E-state index in [1.165, 1.54) is 0 Å². The summed E-state index contributed by atoms with van der Waals surface area (Å²) in [5, 5.41) is 2.80. The molecule has 1 heterocycles. The van der Waals surface area contributed by atoms with Gasteiger partial charge in [0.2, 0.25) is 0 Å². The fraction of sp³-hybridized carbons (Fsp3) is 0.200. The van der Waals surface area contributed by atoms with E-state index in [4.69, 9.17) is 9.47 Å². The molecule has 0 aliphatic heterocycles. The maximum Gasteiger partial charge on any atom is 0.258 e. The maximum atomic E-state index is 12.1. The highest BCUT2D eigenvalue weighted by atomic mass is 79.9. The van der Waals surface area contributed by atoms with Gasteiger partial charge in [0.15, 0.2) is 0 Å². The molecule has 0 spiro atoms. The zero-order chi connectivity index (χ0) is 15.1. The van der Waals surface area contributed by atoms with E-state index in [0.717, 1.165) is 5.75 Å². The summed E-state index contributed by atoms with van der Waals surface area (Å²) in [6.07, 6.45) is 1.62. The zero-order valence-corrected chi connectivity index (χ0v) is 13.1. The van der Waals surface area contributed by atoms with Crippen molar-refractivity contribution in [1.82, 2.24) is 4.98 Å². The smallest absolute Gasteiger partial charge is 0.258 e. The van der Waals surface area contributed by atoms with Crippen molar-refractivity contribution in [2.24, 2.45) is 0 Å². The molecule has 0 saturated carbocycles. The van der Waals surface area contributed by atoms with Crippen LogP contribution in [0, 0.1) is 0 Å². The lowest BCUT2D eigenvalue weighted by molar-refractivity contribution is 0.102. The molecule has 110 valence electrons. The molecule has 2 rings (SSSR count). The summed E-state index contributed by atoms with van der Waals surface area (Å²) in [5.41, 5.74) is 1.17. The van der Waals surface area contributed by atoms with Crippen LogP contribution in [0.25, 0.3) is 0 Å². The van der Waals surface area contributed by atoms with Gasteiger partial charge in [0.1, 0.15) is 17.0 Å². The molecule has 5 nitrogen and oxygen atoms in total. The lowest BCUT2D eigenvalue weighted by atomic mass is 10.2. The van der Waals surface area contributed by atoms with Crippen molar-refractivity contribution in [2.45, 2.75) is 0 Å². The minimum Gasteiger partial charge on any atom is -0.491 e. The number of nitrogens with zero attached hydrogens (tertiary/aromatic N) is 1. The van der Waals surface area contributed by atoms with E-state index in [1.807, 2.05) is 0 Å². The molecular weight excluding hydrogens is 336 g/mol. The van der Waals surface area contributed by atoms with Gasteiger partial charge in [-0.15, -0.1) is 0 Å². The summed E-state index contributed by atoms with van der Waals surface area (Å²) >= 11 is 3.25. The number of benzene rings is 1. The van der Waals surface area contributed by atoms with Crippen LogP contribution in [-0.4, -0.2) is 31.2 Å². The highest BCUT2D eigenvalue weighted by Gasteiger charge is 2.10. The van der Waals surface area contributed by atoms with Crippen LogP contribution < -0.4 is 10.1 Å². The van der Waals surface area contributed by atoms with Gasteiger partial charge < -0.3 is 14.8 Å². The Bertz CT molecular complexity index is 602. The fourth-order valence-electron chi connectivity index (χ4n) is 1.63. The number of methoxy groups -OCH3 is 1. The third-order valence-electron chi connectivity index (χ3n) is 2.67. The van der Waals surface area contributed by atoms with Gasteiger partial charge in [0.05, 0.1) is 12.2 Å². The molecule has 0 unspecified atom stereocenters. The second-order valence-electron chi connectivity index (χ2n) is 4.16. The molecule has 0 aliphatic carbocycles. The quantitative estimate of drug-likeness (QED) is 0.642. The average molecular weight is 351 g/mol. The molecule has 0 fully saturated rings. The largest absolute Gasteiger partial charge is 0.491 e. The number of pyridine rings is 1. The molecule has 0 bridgehead atoms. The minimum atomic E-state index is -0.219. The number of aromatic nitrogens is 1. The van der Waals surface area contributed by atoms with Crippen LogP contribution >= 0.6 is 15.9 Å². The molecule has 0 radical (unpaired) electrons. The van der Waals surface area contributed by atoms with Gasteiger partial charge >= 0.3 is 0 Å². The second kappa shape index (κ2) is 7.75. The molecule has 21 heavy (non-hydrogen) atoms. The van der Waals surface area contributed by atoms with Crippen LogP contribution in [0.5, 0.6) is 5.75 Å². The number of hydrogen-bond donors (Lipinski definition) is 1. The molecule has 0 aliphatic rings. The number of nitrogens with one attached hydrogen (secondary N) is 1. The summed E-state index contributed by atoms with van der Waals surface area (Å²) < 4.78 is 10.9. The topological polar surface area (TPSA) is 60.5 Å². The first-order valence-corrected chi connectivity index (χ1v) is 7.13. The van der Waals surface area contributed by atoms with E-state index in [2.05, 4.69) is 26.2 Å². The normalized spacial score (nSPS) is 10.2. The van der Waals surface area contributed by atoms with Crippen LogP contribution in [-0.2, 0) is 4.74 Å². The van der Waals surface area contributed by atoms with Gasteiger partial charge in [-0.3, -0.25) is 4.79 Å². The molecular formula is C15H15BrN2O3. The summed E-state index contributed by atoms with van der Waals surface area (Å²) in [5.74, 6) is 0.510. The highest BCUT2D eigenvalue weighted by molar-refractivity contribution is 9.10. The van der Waals surface area contributed by atoms with Crippen molar-refractivity contribution in [2.75, 3.05) is 25.6 Å². The molecule has 2 aromatic rings. The van der Waals surface area contributed by atoms with Gasteiger partial charge in [-0.05, 0) is 52.3 Å². The number of rotatable bonds is 6. The molecule has 1 aromatic heterocycles. The van der Waals surface area contributed by atoms with E-state index in [-0.39, 0.29) is 5.91 Å². The number of hydrogen-bond acceptors (Lipinski definition) is 4. The van der Waals surface area contributed by atoms with Crippen molar-refractivity contribution in [3.63, 3.8) is 0 Å². The molecule has 0 atom stereocenters. The first-order valence-electron chi connectivity index (χ1n) is 6.34. The Balaban J connectivity index is 1.97. The van der Waals surface area contributed by atoms with Crippen molar-refractivity contribution in [3.8, 4) is 5.75 Å². The van der Waals surface area contributed by atoms with Gasteiger partial charge in [0.25, 0.3) is 5.91 Å². The van der Waals surface area contributed by atoms with E-state index in [0.29, 0.717) is 29.1 Å². The van der Waals surface area contributed by atoms with Crippen molar-refractivity contribution < 1.29 is 14.3 Å². The zero-order valence-electron chi connectivity index (χ0n) is 11.5. The van der Waals surface area contributed by atoms with Crippen LogP contribution in [0.1, 0.15) is 10.4 Å². The predicted octanol–water partition coefficient (Wildman–Crippen LogP) is 3.12. The van der Waals surface area contributed by atoms with E-state index >= 15 is 0 Å². The SMILES string of the molecule is COCCOc1ccc(NC(=O)c2cccnc2Br)cc1. The second-order valence-corrected chi connectivity index (χ2v) is 4.91. The fourth-order valence-corrected chi connectivity index (χ4v) is 2.06. The van der Waals surface area contributed by atoms with Crippen molar-refractivity contribution >= 4 is 27.5 Å².